The zero-order chi connectivity index (χ0) is 28.0. The van der Waals surface area contributed by atoms with Crippen molar-refractivity contribution in [3.8, 4) is 39.5 Å². The van der Waals surface area contributed by atoms with Crippen LogP contribution in [0, 0.1) is 25.5 Å². The number of pyridine rings is 1. The molecule has 0 bridgehead atoms. The van der Waals surface area contributed by atoms with Crippen LogP contribution in [0.4, 0.5) is 8.78 Å². The molecule has 0 aliphatic heterocycles. The molecule has 3 heterocycles. The van der Waals surface area contributed by atoms with Crippen molar-refractivity contribution in [3.63, 3.8) is 0 Å². The number of nitrogens with zero attached hydrogens (tertiary/aromatic N) is 4. The monoisotopic (exact) mass is 544 g/mol. The van der Waals surface area contributed by atoms with Crippen LogP contribution in [0.3, 0.4) is 0 Å². The highest BCUT2D eigenvalue weighted by Gasteiger charge is 2.29. The number of ether oxygens (including phenoxy) is 2. The fraction of sp³-hybridized carbons (Fsp3) is 0.323. The predicted octanol–water partition coefficient (Wildman–Crippen LogP) is 7.45. The molecule has 9 heteroatoms. The molecule has 1 fully saturated rings. The summed E-state index contributed by atoms with van der Waals surface area (Å²) in [6.07, 6.45) is 5.61. The first-order valence-corrected chi connectivity index (χ1v) is 13.4. The van der Waals surface area contributed by atoms with Gasteiger partial charge in [-0.1, -0.05) is 17.3 Å². The van der Waals surface area contributed by atoms with Gasteiger partial charge in [-0.25, -0.2) is 18.7 Å². The average molecular weight is 545 g/mol. The smallest absolute Gasteiger partial charge is 0.221 e. The Morgan fingerprint density at radius 3 is 2.33 bits per heavy atom. The number of hydrogen-bond acceptors (Lipinski definition) is 6. The van der Waals surface area contributed by atoms with Gasteiger partial charge in [0, 0.05) is 30.5 Å². The molecule has 6 rings (SSSR count). The van der Waals surface area contributed by atoms with E-state index in [1.807, 2.05) is 19.9 Å². The van der Waals surface area contributed by atoms with E-state index in [1.54, 1.807) is 13.3 Å². The van der Waals surface area contributed by atoms with Crippen LogP contribution in [0.5, 0.6) is 5.88 Å². The van der Waals surface area contributed by atoms with Crippen molar-refractivity contribution in [2.45, 2.75) is 51.7 Å². The number of aromatic nitrogens is 4. The van der Waals surface area contributed by atoms with Crippen LogP contribution >= 0.6 is 0 Å². The molecule has 0 unspecified atom stereocenters. The number of rotatable bonds is 6. The summed E-state index contributed by atoms with van der Waals surface area (Å²) in [6.45, 7) is 3.82. The lowest BCUT2D eigenvalue weighted by Gasteiger charge is -2.30. The summed E-state index contributed by atoms with van der Waals surface area (Å²) in [4.78, 5) is 9.55. The molecule has 206 valence electrons. The molecule has 2 aromatic carbocycles. The van der Waals surface area contributed by atoms with Gasteiger partial charge >= 0.3 is 0 Å². The fourth-order valence-electron chi connectivity index (χ4n) is 5.96. The Bertz CT molecular complexity index is 1680. The zero-order valence-electron chi connectivity index (χ0n) is 22.9. The minimum atomic E-state index is -0.940. The molecule has 3 aromatic heterocycles. The Morgan fingerprint density at radius 2 is 1.65 bits per heavy atom. The molecule has 0 saturated heterocycles. The first kappa shape index (κ1) is 26.1. The first-order valence-electron chi connectivity index (χ1n) is 13.4. The van der Waals surface area contributed by atoms with E-state index in [0.717, 1.165) is 70.9 Å². The quantitative estimate of drug-likeness (QED) is 0.221. The highest BCUT2D eigenvalue weighted by Crippen LogP contribution is 2.43. The highest BCUT2D eigenvalue weighted by molar-refractivity contribution is 5.90. The van der Waals surface area contributed by atoms with Crippen LogP contribution < -0.4 is 4.74 Å². The second kappa shape index (κ2) is 10.5. The molecule has 0 N–H and O–H groups in total. The van der Waals surface area contributed by atoms with Crippen LogP contribution in [-0.4, -0.2) is 40.0 Å². The van der Waals surface area contributed by atoms with Crippen molar-refractivity contribution in [1.29, 1.82) is 0 Å². The SMILES string of the molecule is COc1nccc(-c2nc3cc(-c4c(C)noc4C)ccc3n2[C@H]2CC[C@H](OC)CC2)c1-c1ccc(F)c(F)c1. The van der Waals surface area contributed by atoms with E-state index in [4.69, 9.17) is 19.0 Å². The Labute approximate surface area is 230 Å². The summed E-state index contributed by atoms with van der Waals surface area (Å²) in [5.41, 5.74) is 6.26. The minimum absolute atomic E-state index is 0.174. The van der Waals surface area contributed by atoms with Crippen LogP contribution in [0.25, 0.3) is 44.7 Å². The van der Waals surface area contributed by atoms with Crippen LogP contribution in [0.2, 0.25) is 0 Å². The summed E-state index contributed by atoms with van der Waals surface area (Å²) in [7, 11) is 3.27. The summed E-state index contributed by atoms with van der Waals surface area (Å²) in [5.74, 6) is -0.0882. The van der Waals surface area contributed by atoms with Crippen molar-refractivity contribution < 1.29 is 22.8 Å². The zero-order valence-corrected chi connectivity index (χ0v) is 22.9. The van der Waals surface area contributed by atoms with Gasteiger partial charge in [0.1, 0.15) is 11.6 Å². The van der Waals surface area contributed by atoms with Crippen LogP contribution in [0.1, 0.15) is 43.2 Å². The molecule has 7 nitrogen and oxygen atoms in total. The Morgan fingerprint density at radius 1 is 0.900 bits per heavy atom. The van der Waals surface area contributed by atoms with E-state index in [1.165, 1.54) is 19.2 Å². The number of methoxy groups -OCH3 is 2. The van der Waals surface area contributed by atoms with Crippen molar-refractivity contribution in [2.24, 2.45) is 0 Å². The number of hydrogen-bond donors (Lipinski definition) is 0. The molecule has 0 radical (unpaired) electrons. The number of aryl methyl sites for hydroxylation is 2. The van der Waals surface area contributed by atoms with Gasteiger partial charge in [-0.2, -0.15) is 0 Å². The molecule has 1 aliphatic rings. The standard InChI is InChI=1S/C31H30F2N4O3/c1-17-28(18(2)40-36-17)20-6-12-27-26(16-20)35-30(37(27)21-7-9-22(38-3)10-8-21)23-13-14-34-31(39-4)29(23)19-5-11-24(32)25(33)15-19/h5-6,11-16,21-22H,7-10H2,1-4H3/t21-,22-. The average Bonchev–Trinajstić information content (AvgIpc) is 3.52. The third-order valence-corrected chi connectivity index (χ3v) is 7.91. The van der Waals surface area contributed by atoms with Crippen molar-refractivity contribution in [3.05, 3.63) is 71.8 Å². The van der Waals surface area contributed by atoms with Gasteiger partial charge in [-0.15, -0.1) is 0 Å². The minimum Gasteiger partial charge on any atom is -0.481 e. The van der Waals surface area contributed by atoms with E-state index in [9.17, 15) is 8.78 Å². The summed E-state index contributed by atoms with van der Waals surface area (Å²) in [5, 5.41) is 4.12. The Hall–Kier alpha value is -4.11. The molecule has 40 heavy (non-hydrogen) atoms. The maximum Gasteiger partial charge on any atom is 0.221 e. The van der Waals surface area contributed by atoms with E-state index >= 15 is 0 Å². The van der Waals surface area contributed by atoms with Crippen molar-refractivity contribution in [1.82, 2.24) is 19.7 Å². The van der Waals surface area contributed by atoms with Gasteiger partial charge in [0.2, 0.25) is 5.88 Å². The molecule has 0 spiro atoms. The van der Waals surface area contributed by atoms with E-state index in [2.05, 4.69) is 32.9 Å². The largest absolute Gasteiger partial charge is 0.481 e. The number of halogens is 2. The summed E-state index contributed by atoms with van der Waals surface area (Å²) >= 11 is 0. The molecule has 5 aromatic rings. The lowest BCUT2D eigenvalue weighted by atomic mass is 9.92. The van der Waals surface area contributed by atoms with Gasteiger partial charge in [0.05, 0.1) is 35.5 Å². The molecule has 0 amide bonds. The van der Waals surface area contributed by atoms with E-state index in [0.29, 0.717) is 22.8 Å². The summed E-state index contributed by atoms with van der Waals surface area (Å²) < 4.78 is 47.2. The lowest BCUT2D eigenvalue weighted by Crippen LogP contribution is -2.23. The normalized spacial score (nSPS) is 17.4. The maximum absolute atomic E-state index is 14.4. The third-order valence-electron chi connectivity index (χ3n) is 7.91. The van der Waals surface area contributed by atoms with Gasteiger partial charge in [-0.05, 0) is 81.0 Å². The van der Waals surface area contributed by atoms with Crippen LogP contribution in [0.15, 0.2) is 53.2 Å². The van der Waals surface area contributed by atoms with Gasteiger partial charge < -0.3 is 18.6 Å². The predicted molar refractivity (Wildman–Crippen MR) is 148 cm³/mol. The van der Waals surface area contributed by atoms with Gasteiger partial charge in [-0.3, -0.25) is 0 Å². The Balaban J connectivity index is 1.59. The number of benzene rings is 2. The number of imidazole rings is 1. The number of fused-ring (bicyclic) bond motifs is 1. The second-order valence-electron chi connectivity index (χ2n) is 10.2. The molecule has 1 saturated carbocycles. The van der Waals surface area contributed by atoms with Gasteiger partial charge in [0.25, 0.3) is 0 Å². The molecular formula is C31H30F2N4O3. The summed E-state index contributed by atoms with van der Waals surface area (Å²) in [6, 6.07) is 12.1. The third kappa shape index (κ3) is 4.44. The second-order valence-corrected chi connectivity index (χ2v) is 10.2. The molecule has 0 atom stereocenters. The highest BCUT2D eigenvalue weighted by atomic mass is 19.2. The molecule has 1 aliphatic carbocycles. The topological polar surface area (TPSA) is 75.2 Å². The van der Waals surface area contributed by atoms with E-state index in [-0.39, 0.29) is 12.1 Å². The van der Waals surface area contributed by atoms with E-state index < -0.39 is 11.6 Å². The lowest BCUT2D eigenvalue weighted by molar-refractivity contribution is 0.0591. The fourth-order valence-corrected chi connectivity index (χ4v) is 5.96. The van der Waals surface area contributed by atoms with Gasteiger partial charge in [0.15, 0.2) is 11.6 Å². The maximum atomic E-state index is 14.4. The van der Waals surface area contributed by atoms with Crippen molar-refractivity contribution in [2.75, 3.05) is 14.2 Å². The molecular weight excluding hydrogens is 514 g/mol. The first-order chi connectivity index (χ1) is 19.4. The Kier molecular flexibility index (Phi) is 6.83. The van der Waals surface area contributed by atoms with Crippen molar-refractivity contribution >= 4 is 11.0 Å². The van der Waals surface area contributed by atoms with Crippen LogP contribution in [-0.2, 0) is 4.74 Å².